The number of nitrogens with one attached hydrogen (secondary N) is 2. The number of amides is 1. The van der Waals surface area contributed by atoms with Crippen molar-refractivity contribution in [2.75, 3.05) is 13.1 Å². The maximum absolute atomic E-state index is 13.0. The summed E-state index contributed by atoms with van der Waals surface area (Å²) in [4.78, 5) is 10.6. The van der Waals surface area contributed by atoms with Crippen LogP contribution < -0.4 is 10.6 Å². The van der Waals surface area contributed by atoms with Gasteiger partial charge in [-0.3, -0.25) is 4.79 Å². The molecule has 1 rings (SSSR count). The van der Waals surface area contributed by atoms with Crippen molar-refractivity contribution in [1.29, 1.82) is 0 Å². The summed E-state index contributed by atoms with van der Waals surface area (Å²) in [5, 5.41) is 15.3. The van der Waals surface area contributed by atoms with E-state index >= 15 is 0 Å². The Morgan fingerprint density at radius 3 is 2.82 bits per heavy atom. The lowest BCUT2D eigenvalue weighted by molar-refractivity contribution is -0.118. The highest BCUT2D eigenvalue weighted by Gasteiger charge is 2.10. The third-order valence-corrected chi connectivity index (χ3v) is 2.41. The van der Waals surface area contributed by atoms with Crippen LogP contribution >= 0.6 is 0 Å². The van der Waals surface area contributed by atoms with Gasteiger partial charge < -0.3 is 15.7 Å². The molecule has 0 bridgehead atoms. The zero-order valence-electron chi connectivity index (χ0n) is 9.96. The quantitative estimate of drug-likeness (QED) is 0.680. The number of halogens is 1. The topological polar surface area (TPSA) is 61.4 Å². The summed E-state index contributed by atoms with van der Waals surface area (Å²) in [6, 6.07) is 3.66. The van der Waals surface area contributed by atoms with E-state index in [1.54, 1.807) is 0 Å². The van der Waals surface area contributed by atoms with Gasteiger partial charge in [-0.15, -0.1) is 0 Å². The van der Waals surface area contributed by atoms with Crippen molar-refractivity contribution in [1.82, 2.24) is 10.6 Å². The molecule has 1 aromatic rings. The standard InChI is InChI=1S/C12H17FN2O2/c1-8(14-5-6-15-9(2)16)11-7-10(13)3-4-12(11)17/h3-4,7-8,14,17H,5-6H2,1-2H3,(H,15,16). The minimum Gasteiger partial charge on any atom is -0.508 e. The Labute approximate surface area is 99.8 Å². The van der Waals surface area contributed by atoms with Crippen LogP contribution in [0.3, 0.4) is 0 Å². The Bertz CT molecular complexity index is 396. The number of hydrogen-bond acceptors (Lipinski definition) is 3. The van der Waals surface area contributed by atoms with E-state index in [-0.39, 0.29) is 23.5 Å². The fraction of sp³-hybridized carbons (Fsp3) is 0.417. The van der Waals surface area contributed by atoms with Gasteiger partial charge in [0.2, 0.25) is 5.91 Å². The van der Waals surface area contributed by atoms with Crippen LogP contribution in [0.2, 0.25) is 0 Å². The fourth-order valence-electron chi connectivity index (χ4n) is 1.51. The van der Waals surface area contributed by atoms with Crippen molar-refractivity contribution in [2.45, 2.75) is 19.9 Å². The second-order valence-corrected chi connectivity index (χ2v) is 3.86. The van der Waals surface area contributed by atoms with E-state index < -0.39 is 0 Å². The maximum atomic E-state index is 13.0. The Kier molecular flexibility index (Phi) is 4.90. The van der Waals surface area contributed by atoms with Gasteiger partial charge in [0.1, 0.15) is 11.6 Å². The number of benzene rings is 1. The molecule has 94 valence electrons. The van der Waals surface area contributed by atoms with E-state index in [1.165, 1.54) is 25.1 Å². The molecule has 1 amide bonds. The molecule has 0 aliphatic carbocycles. The van der Waals surface area contributed by atoms with E-state index in [0.29, 0.717) is 18.7 Å². The van der Waals surface area contributed by atoms with Gasteiger partial charge in [0.25, 0.3) is 0 Å². The smallest absolute Gasteiger partial charge is 0.216 e. The second kappa shape index (κ2) is 6.20. The third kappa shape index (κ3) is 4.40. The third-order valence-electron chi connectivity index (χ3n) is 2.41. The van der Waals surface area contributed by atoms with E-state index in [2.05, 4.69) is 10.6 Å². The zero-order valence-corrected chi connectivity index (χ0v) is 9.96. The van der Waals surface area contributed by atoms with Crippen molar-refractivity contribution in [3.05, 3.63) is 29.6 Å². The van der Waals surface area contributed by atoms with Crippen molar-refractivity contribution in [3.63, 3.8) is 0 Å². The molecule has 17 heavy (non-hydrogen) atoms. The SMILES string of the molecule is CC(=O)NCCNC(C)c1cc(F)ccc1O. The highest BCUT2D eigenvalue weighted by molar-refractivity contribution is 5.72. The molecule has 0 heterocycles. The summed E-state index contributed by atoms with van der Waals surface area (Å²) in [5.74, 6) is -0.410. The monoisotopic (exact) mass is 240 g/mol. The Hall–Kier alpha value is -1.62. The first-order chi connectivity index (χ1) is 8.00. The van der Waals surface area contributed by atoms with Crippen molar-refractivity contribution >= 4 is 5.91 Å². The van der Waals surface area contributed by atoms with Gasteiger partial charge in [-0.1, -0.05) is 0 Å². The molecule has 5 heteroatoms. The lowest BCUT2D eigenvalue weighted by atomic mass is 10.1. The average Bonchev–Trinajstić information content (AvgIpc) is 2.27. The van der Waals surface area contributed by atoms with Gasteiger partial charge in [0.05, 0.1) is 0 Å². The van der Waals surface area contributed by atoms with E-state index in [0.717, 1.165) is 0 Å². The molecule has 4 nitrogen and oxygen atoms in total. The summed E-state index contributed by atoms with van der Waals surface area (Å²) in [7, 11) is 0. The molecule has 0 aromatic heterocycles. The number of phenols is 1. The normalized spacial score (nSPS) is 12.2. The molecule has 1 unspecified atom stereocenters. The number of carbonyl (C=O) groups is 1. The van der Waals surface area contributed by atoms with Gasteiger partial charge in [-0.2, -0.15) is 0 Å². The van der Waals surface area contributed by atoms with Gasteiger partial charge in [0.15, 0.2) is 0 Å². The van der Waals surface area contributed by atoms with Gasteiger partial charge in [0, 0.05) is 31.6 Å². The maximum Gasteiger partial charge on any atom is 0.216 e. The van der Waals surface area contributed by atoms with Crippen molar-refractivity contribution in [2.24, 2.45) is 0 Å². The largest absolute Gasteiger partial charge is 0.508 e. The first kappa shape index (κ1) is 13.4. The van der Waals surface area contributed by atoms with Crippen LogP contribution in [0, 0.1) is 5.82 Å². The predicted molar refractivity (Wildman–Crippen MR) is 63.2 cm³/mol. The molecule has 1 aromatic carbocycles. The molecule has 3 N–H and O–H groups in total. The van der Waals surface area contributed by atoms with Crippen LogP contribution in [0.15, 0.2) is 18.2 Å². The summed E-state index contributed by atoms with van der Waals surface area (Å²) < 4.78 is 13.0. The summed E-state index contributed by atoms with van der Waals surface area (Å²) in [6.45, 7) is 4.32. The van der Waals surface area contributed by atoms with E-state index in [1.807, 2.05) is 6.92 Å². The van der Waals surface area contributed by atoms with Gasteiger partial charge in [-0.25, -0.2) is 4.39 Å². The van der Waals surface area contributed by atoms with Crippen LogP contribution in [0.4, 0.5) is 4.39 Å². The molecule has 0 aliphatic heterocycles. The first-order valence-electron chi connectivity index (χ1n) is 5.47. The molecule has 0 saturated heterocycles. The highest BCUT2D eigenvalue weighted by atomic mass is 19.1. The van der Waals surface area contributed by atoms with Crippen LogP contribution in [0.1, 0.15) is 25.5 Å². The highest BCUT2D eigenvalue weighted by Crippen LogP contribution is 2.24. The minimum absolute atomic E-state index is 0.0610. The Morgan fingerprint density at radius 1 is 1.47 bits per heavy atom. The Balaban J connectivity index is 2.49. The minimum atomic E-state index is -0.381. The zero-order chi connectivity index (χ0) is 12.8. The molecule has 0 spiro atoms. The number of aromatic hydroxyl groups is 1. The number of rotatable bonds is 5. The lowest BCUT2D eigenvalue weighted by Gasteiger charge is -2.15. The average molecular weight is 240 g/mol. The number of phenolic OH excluding ortho intramolecular Hbond substituents is 1. The summed E-state index contributed by atoms with van der Waals surface area (Å²) in [5.41, 5.74) is 0.507. The molecular formula is C12H17FN2O2. The van der Waals surface area contributed by atoms with Crippen molar-refractivity contribution < 1.29 is 14.3 Å². The first-order valence-corrected chi connectivity index (χ1v) is 5.47. The fourth-order valence-corrected chi connectivity index (χ4v) is 1.51. The second-order valence-electron chi connectivity index (χ2n) is 3.86. The van der Waals surface area contributed by atoms with E-state index in [9.17, 15) is 14.3 Å². The van der Waals surface area contributed by atoms with Gasteiger partial charge in [-0.05, 0) is 25.1 Å². The van der Waals surface area contributed by atoms with Crippen LogP contribution in [0.5, 0.6) is 5.75 Å². The molecule has 1 atom stereocenters. The van der Waals surface area contributed by atoms with Crippen LogP contribution in [-0.4, -0.2) is 24.1 Å². The summed E-state index contributed by atoms with van der Waals surface area (Å²) >= 11 is 0. The molecule has 0 aliphatic rings. The molecular weight excluding hydrogens is 223 g/mol. The Morgan fingerprint density at radius 2 is 2.18 bits per heavy atom. The van der Waals surface area contributed by atoms with Crippen LogP contribution in [0.25, 0.3) is 0 Å². The van der Waals surface area contributed by atoms with Crippen molar-refractivity contribution in [3.8, 4) is 5.75 Å². The number of carbonyl (C=O) groups excluding carboxylic acids is 1. The lowest BCUT2D eigenvalue weighted by Crippen LogP contribution is -2.31. The number of hydrogen-bond donors (Lipinski definition) is 3. The van der Waals surface area contributed by atoms with Crippen LogP contribution in [-0.2, 0) is 4.79 Å². The molecule has 0 radical (unpaired) electrons. The molecule has 0 saturated carbocycles. The predicted octanol–water partition coefficient (Wildman–Crippen LogP) is 1.32. The van der Waals surface area contributed by atoms with E-state index in [4.69, 9.17) is 0 Å². The molecule has 0 fully saturated rings. The van der Waals surface area contributed by atoms with Gasteiger partial charge >= 0.3 is 0 Å². The summed E-state index contributed by atoms with van der Waals surface area (Å²) in [6.07, 6.45) is 0.